The van der Waals surface area contributed by atoms with Crippen molar-refractivity contribution in [2.75, 3.05) is 33.3 Å². The number of hydrogen-bond donors (Lipinski definition) is 1. The van der Waals surface area contributed by atoms with Crippen LogP contribution in [-0.4, -0.2) is 50.3 Å². The van der Waals surface area contributed by atoms with Crippen molar-refractivity contribution in [1.29, 1.82) is 5.26 Å². The molecule has 1 aromatic heterocycles. The molecule has 1 atom stereocenters. The Morgan fingerprint density at radius 2 is 1.54 bits per heavy atom. The van der Waals surface area contributed by atoms with Crippen molar-refractivity contribution in [3.63, 3.8) is 0 Å². The van der Waals surface area contributed by atoms with E-state index in [4.69, 9.17) is 24.7 Å². The largest absolute Gasteiger partial charge is 0.481 e. The second-order valence-electron chi connectivity index (χ2n) is 8.16. The smallest absolute Gasteiger partial charge is 0.355 e. The van der Waals surface area contributed by atoms with E-state index in [1.54, 1.807) is 54.6 Å². The number of nitrogens with zero attached hydrogens (tertiary/aromatic N) is 4. The van der Waals surface area contributed by atoms with Gasteiger partial charge in [0.05, 0.1) is 57.6 Å². The van der Waals surface area contributed by atoms with Gasteiger partial charge in [-0.3, -0.25) is 4.90 Å². The highest BCUT2D eigenvalue weighted by Crippen LogP contribution is 2.43. The Morgan fingerprint density at radius 3 is 2.10 bits per heavy atom. The normalized spacial score (nSPS) is 14.9. The fraction of sp³-hybridized carbons (Fsp3) is 0.179. The molecule has 0 fully saturated rings. The number of ether oxygens (including phenoxy) is 4. The van der Waals surface area contributed by atoms with Crippen LogP contribution in [-0.2, 0) is 19.1 Å². The molecule has 39 heavy (non-hydrogen) atoms. The summed E-state index contributed by atoms with van der Waals surface area (Å²) in [5.41, 5.74) is 7.79. The lowest BCUT2D eigenvalue weighted by atomic mass is 9.81. The average molecular weight is 528 g/mol. The third-order valence-corrected chi connectivity index (χ3v) is 6.07. The lowest BCUT2D eigenvalue weighted by Gasteiger charge is -2.36. The molecule has 3 aromatic rings. The van der Waals surface area contributed by atoms with E-state index in [0.29, 0.717) is 16.8 Å². The Bertz CT molecular complexity index is 1500. The maximum absolute atomic E-state index is 13.3. The molecular weight excluding hydrogens is 502 g/mol. The summed E-state index contributed by atoms with van der Waals surface area (Å²) in [6, 6.07) is 19.2. The first-order chi connectivity index (χ1) is 18.9. The van der Waals surface area contributed by atoms with Gasteiger partial charge in [0.2, 0.25) is 11.8 Å². The molecule has 0 saturated heterocycles. The molecule has 1 aliphatic heterocycles. The molecule has 2 N–H and O–H groups in total. The Morgan fingerprint density at radius 1 is 0.897 bits per heavy atom. The van der Waals surface area contributed by atoms with E-state index in [2.05, 4.69) is 16.0 Å². The molecule has 11 heteroatoms. The molecule has 1 aliphatic rings. The number of esters is 2. The lowest BCUT2D eigenvalue weighted by Crippen LogP contribution is -2.40. The molecule has 0 spiro atoms. The summed E-state index contributed by atoms with van der Waals surface area (Å²) in [5, 5.41) is 10.2. The fourth-order valence-corrected chi connectivity index (χ4v) is 4.31. The van der Waals surface area contributed by atoms with Crippen LogP contribution in [0.5, 0.6) is 11.8 Å². The minimum atomic E-state index is -0.969. The molecule has 1 unspecified atom stereocenters. The van der Waals surface area contributed by atoms with Crippen molar-refractivity contribution in [2.45, 2.75) is 5.92 Å². The molecule has 198 valence electrons. The molecule has 11 nitrogen and oxygen atoms in total. The van der Waals surface area contributed by atoms with Crippen molar-refractivity contribution in [2.24, 2.45) is 5.73 Å². The zero-order valence-corrected chi connectivity index (χ0v) is 21.7. The van der Waals surface area contributed by atoms with E-state index in [0.717, 1.165) is 0 Å². The summed E-state index contributed by atoms with van der Waals surface area (Å²) >= 11 is 0. The monoisotopic (exact) mass is 527 g/mol. The maximum atomic E-state index is 13.3. The zero-order chi connectivity index (χ0) is 28.1. The van der Waals surface area contributed by atoms with Crippen LogP contribution in [0.1, 0.15) is 11.5 Å². The van der Waals surface area contributed by atoms with Crippen molar-refractivity contribution < 1.29 is 28.5 Å². The second-order valence-corrected chi connectivity index (χ2v) is 8.16. The van der Waals surface area contributed by atoms with Crippen molar-refractivity contribution in [1.82, 2.24) is 9.97 Å². The Balaban J connectivity index is 2.00. The number of carbonyl (C=O) groups excluding carboxylic acids is 2. The van der Waals surface area contributed by atoms with Gasteiger partial charge < -0.3 is 24.7 Å². The van der Waals surface area contributed by atoms with Gasteiger partial charge in [0.25, 0.3) is 0 Å². The SMILES string of the molecule is COC(=O)C1=C(C(=O)OC)N(c2cccc(-c3nc(OC)cc(OC)n3)c2)C(N)=C(C#N)C1c1ccccc1. The summed E-state index contributed by atoms with van der Waals surface area (Å²) in [4.78, 5) is 36.6. The van der Waals surface area contributed by atoms with E-state index in [-0.39, 0.29) is 40.2 Å². The van der Waals surface area contributed by atoms with Crippen LogP contribution in [0, 0.1) is 11.3 Å². The molecule has 2 heterocycles. The number of methoxy groups -OCH3 is 4. The molecular formula is C28H25N5O6. The van der Waals surface area contributed by atoms with E-state index in [9.17, 15) is 14.9 Å². The Labute approximate surface area is 224 Å². The number of allylic oxidation sites excluding steroid dienone is 1. The van der Waals surface area contributed by atoms with Gasteiger partial charge in [0.1, 0.15) is 11.5 Å². The number of hydrogen-bond acceptors (Lipinski definition) is 11. The van der Waals surface area contributed by atoms with Gasteiger partial charge >= 0.3 is 11.9 Å². The number of anilines is 1. The molecule has 2 aromatic carbocycles. The molecule has 0 radical (unpaired) electrons. The van der Waals surface area contributed by atoms with E-state index >= 15 is 0 Å². The summed E-state index contributed by atoms with van der Waals surface area (Å²) < 4.78 is 20.7. The highest BCUT2D eigenvalue weighted by molar-refractivity contribution is 6.06. The predicted octanol–water partition coefficient (Wildman–Crippen LogP) is 3.06. The highest BCUT2D eigenvalue weighted by Gasteiger charge is 2.43. The van der Waals surface area contributed by atoms with Crippen LogP contribution in [0.15, 0.2) is 83.3 Å². The molecule has 4 rings (SSSR count). The minimum absolute atomic E-state index is 0.0546. The fourth-order valence-electron chi connectivity index (χ4n) is 4.31. The first-order valence-electron chi connectivity index (χ1n) is 11.6. The van der Waals surface area contributed by atoms with Crippen LogP contribution in [0.4, 0.5) is 5.69 Å². The highest BCUT2D eigenvalue weighted by atomic mass is 16.5. The van der Waals surface area contributed by atoms with Crippen molar-refractivity contribution in [3.05, 3.63) is 88.9 Å². The van der Waals surface area contributed by atoms with Gasteiger partial charge in [0, 0.05) is 11.3 Å². The third-order valence-electron chi connectivity index (χ3n) is 6.07. The van der Waals surface area contributed by atoms with Crippen molar-refractivity contribution >= 4 is 17.6 Å². The van der Waals surface area contributed by atoms with Crippen LogP contribution in [0.2, 0.25) is 0 Å². The van der Waals surface area contributed by atoms with Gasteiger partial charge in [-0.1, -0.05) is 42.5 Å². The van der Waals surface area contributed by atoms with E-state index in [1.165, 1.54) is 39.4 Å². The molecule has 0 saturated carbocycles. The summed E-state index contributed by atoms with van der Waals surface area (Å²) in [5.74, 6) is -1.86. The average Bonchev–Trinajstić information content (AvgIpc) is 2.99. The molecule has 0 aliphatic carbocycles. The van der Waals surface area contributed by atoms with Crippen LogP contribution in [0.3, 0.4) is 0 Å². The summed E-state index contributed by atoms with van der Waals surface area (Å²) in [6.45, 7) is 0. The van der Waals surface area contributed by atoms with Gasteiger partial charge in [-0.25, -0.2) is 9.59 Å². The lowest BCUT2D eigenvalue weighted by molar-refractivity contribution is -0.139. The summed E-state index contributed by atoms with van der Waals surface area (Å²) in [7, 11) is 5.32. The van der Waals surface area contributed by atoms with Gasteiger partial charge in [-0.05, 0) is 17.7 Å². The number of aromatic nitrogens is 2. The Hall–Kier alpha value is -5.37. The van der Waals surface area contributed by atoms with Crippen molar-refractivity contribution in [3.8, 4) is 29.2 Å². The minimum Gasteiger partial charge on any atom is -0.481 e. The van der Waals surface area contributed by atoms with E-state index < -0.39 is 17.9 Å². The zero-order valence-electron chi connectivity index (χ0n) is 21.7. The third kappa shape index (κ3) is 4.95. The van der Waals surface area contributed by atoms with Gasteiger partial charge in [-0.15, -0.1) is 0 Å². The number of carbonyl (C=O) groups is 2. The molecule has 0 amide bonds. The number of rotatable bonds is 7. The number of nitrogens with two attached hydrogens (primary N) is 1. The predicted molar refractivity (Wildman–Crippen MR) is 140 cm³/mol. The summed E-state index contributed by atoms with van der Waals surface area (Å²) in [6.07, 6.45) is 0. The first-order valence-corrected chi connectivity index (χ1v) is 11.6. The second kappa shape index (κ2) is 11.4. The molecule has 0 bridgehead atoms. The van der Waals surface area contributed by atoms with Crippen LogP contribution < -0.4 is 20.1 Å². The first kappa shape index (κ1) is 26.7. The standard InChI is InChI=1S/C28H25N5O6/c1-36-20-14-21(37-2)32-26(31-20)17-11-8-12-18(13-17)33-24(28(35)39-4)23(27(34)38-3)22(19(15-29)25(33)30)16-9-6-5-7-10-16/h5-14,22H,30H2,1-4H3. The van der Waals surface area contributed by atoms with Crippen LogP contribution >= 0.6 is 0 Å². The maximum Gasteiger partial charge on any atom is 0.355 e. The topological polar surface area (TPSA) is 150 Å². The number of benzene rings is 2. The van der Waals surface area contributed by atoms with Gasteiger partial charge in [0.15, 0.2) is 5.82 Å². The van der Waals surface area contributed by atoms with Gasteiger partial charge in [-0.2, -0.15) is 15.2 Å². The number of nitriles is 1. The van der Waals surface area contributed by atoms with E-state index in [1.807, 2.05) is 0 Å². The quantitative estimate of drug-likeness (QED) is 0.452. The Kier molecular flexibility index (Phi) is 7.77. The van der Waals surface area contributed by atoms with Crippen LogP contribution in [0.25, 0.3) is 11.4 Å².